The minimum Gasteiger partial charge on any atom is -0.497 e. The Labute approximate surface area is 241 Å². The van der Waals surface area contributed by atoms with Crippen molar-refractivity contribution in [3.05, 3.63) is 65.2 Å². The first-order valence-electron chi connectivity index (χ1n) is 12.4. The minimum absolute atomic E-state index is 0.0340. The highest BCUT2D eigenvalue weighted by Gasteiger charge is 2.62. The molecule has 3 heterocycles. The van der Waals surface area contributed by atoms with Crippen LogP contribution in [0.4, 0.5) is 14.7 Å². The van der Waals surface area contributed by atoms with Gasteiger partial charge in [0.15, 0.2) is 23.0 Å². The second-order valence-electron chi connectivity index (χ2n) is 9.23. The number of imidazole rings is 1. The number of nitrogens with one attached hydrogen (secondary N) is 1. The average Bonchev–Trinajstić information content (AvgIpc) is 3.52. The van der Waals surface area contributed by atoms with E-state index < -0.39 is 50.5 Å². The molecule has 2 aromatic carbocycles. The number of aromatic amines is 1. The van der Waals surface area contributed by atoms with E-state index in [1.54, 1.807) is 0 Å². The van der Waals surface area contributed by atoms with Gasteiger partial charge in [-0.3, -0.25) is 18.9 Å². The Hall–Kier alpha value is -4.28. The van der Waals surface area contributed by atoms with E-state index in [1.807, 2.05) is 0 Å². The maximum Gasteiger partial charge on any atom is 0.587 e. The van der Waals surface area contributed by atoms with Gasteiger partial charge in [-0.1, -0.05) is 0 Å². The van der Waals surface area contributed by atoms with E-state index in [0.29, 0.717) is 11.5 Å². The monoisotopic (exact) mass is 625 g/mol. The number of rotatable bonds is 11. The van der Waals surface area contributed by atoms with Crippen LogP contribution in [0.15, 0.2) is 59.7 Å². The predicted octanol–water partition coefficient (Wildman–Crippen LogP) is 2.26. The Balaban J connectivity index is 1.46. The molecule has 0 spiro atoms. The lowest BCUT2D eigenvalue weighted by molar-refractivity contribution is -0.192. The van der Waals surface area contributed by atoms with Crippen molar-refractivity contribution in [2.24, 2.45) is 0 Å². The Bertz CT molecular complexity index is 1630. The third-order valence-corrected chi connectivity index (χ3v) is 7.87. The van der Waals surface area contributed by atoms with E-state index in [0.717, 1.165) is 10.9 Å². The molecule has 4 aromatic rings. The number of benzene rings is 2. The third kappa shape index (κ3) is 5.85. The molecule has 1 aliphatic heterocycles. The van der Waals surface area contributed by atoms with Gasteiger partial charge in [-0.25, -0.2) is 18.3 Å². The van der Waals surface area contributed by atoms with Crippen LogP contribution in [0.1, 0.15) is 6.23 Å². The molecule has 0 bridgehead atoms. The molecule has 1 fully saturated rings. The molecule has 5 rings (SSSR count). The van der Waals surface area contributed by atoms with E-state index >= 15 is 0 Å². The summed E-state index contributed by atoms with van der Waals surface area (Å²) in [5.74, 6) is 0.511. The first-order valence-corrected chi connectivity index (χ1v) is 13.9. The number of aliphatic hydroxyl groups excluding tert-OH is 2. The Morgan fingerprint density at radius 1 is 1.05 bits per heavy atom. The van der Waals surface area contributed by atoms with Gasteiger partial charge < -0.3 is 39.2 Å². The number of phosphoric ester groups is 1. The molecule has 4 atom stereocenters. The van der Waals surface area contributed by atoms with Crippen LogP contribution in [-0.2, 0) is 13.8 Å². The van der Waals surface area contributed by atoms with Crippen molar-refractivity contribution in [1.82, 2.24) is 19.5 Å². The van der Waals surface area contributed by atoms with Gasteiger partial charge in [0.1, 0.15) is 35.2 Å². The van der Waals surface area contributed by atoms with Crippen LogP contribution in [0.5, 0.6) is 23.0 Å². The molecular formula is C25H26F2N5O10P. The van der Waals surface area contributed by atoms with Crippen molar-refractivity contribution >= 4 is 24.9 Å². The fourth-order valence-electron chi connectivity index (χ4n) is 4.31. The van der Waals surface area contributed by atoms with E-state index in [9.17, 15) is 28.4 Å². The first-order chi connectivity index (χ1) is 20.5. The summed E-state index contributed by atoms with van der Waals surface area (Å²) in [5, 5.41) is 21.6. The van der Waals surface area contributed by atoms with Crippen LogP contribution >= 0.6 is 7.82 Å². The average molecular weight is 625 g/mol. The molecule has 15 nitrogen and oxygen atoms in total. The number of anilines is 1. The Morgan fingerprint density at radius 3 is 2.09 bits per heavy atom. The van der Waals surface area contributed by atoms with Crippen LogP contribution in [-0.4, -0.2) is 74.8 Å². The lowest BCUT2D eigenvalue weighted by Gasteiger charge is -2.31. The number of fused-ring (bicyclic) bond motifs is 1. The number of methoxy groups -OCH3 is 2. The summed E-state index contributed by atoms with van der Waals surface area (Å²) >= 11 is 0. The number of ether oxygens (including phenoxy) is 3. The summed E-state index contributed by atoms with van der Waals surface area (Å²) < 4.78 is 76.2. The van der Waals surface area contributed by atoms with Crippen LogP contribution in [0, 0.1) is 0 Å². The van der Waals surface area contributed by atoms with Crippen molar-refractivity contribution in [2.45, 2.75) is 30.5 Å². The van der Waals surface area contributed by atoms with Crippen LogP contribution in [0.3, 0.4) is 0 Å². The van der Waals surface area contributed by atoms with Gasteiger partial charge in [-0.2, -0.15) is 4.98 Å². The minimum atomic E-state index is -4.80. The Kier molecular flexibility index (Phi) is 8.27. The lowest BCUT2D eigenvalue weighted by Crippen LogP contribution is -2.52. The highest BCUT2D eigenvalue weighted by atomic mass is 31.2. The highest BCUT2D eigenvalue weighted by Crippen LogP contribution is 2.52. The summed E-state index contributed by atoms with van der Waals surface area (Å²) in [6.45, 7) is -1.29. The van der Waals surface area contributed by atoms with Gasteiger partial charge in [0, 0.05) is 0 Å². The molecule has 2 aromatic heterocycles. The highest BCUT2D eigenvalue weighted by molar-refractivity contribution is 7.49. The first kappa shape index (κ1) is 30.2. The summed E-state index contributed by atoms with van der Waals surface area (Å²) in [7, 11) is -1.93. The quantitative estimate of drug-likeness (QED) is 0.177. The third-order valence-electron chi connectivity index (χ3n) is 6.55. The van der Waals surface area contributed by atoms with Crippen LogP contribution in [0.2, 0.25) is 0 Å². The molecule has 1 aliphatic rings. The smallest absolute Gasteiger partial charge is 0.497 e. The molecule has 0 amide bonds. The SMILES string of the molecule is COc1ccc(OP(=O)(OCC2(C(F)F)OC(n3cnc4c(=O)[nH]c(N)nc43)C(O)C2O)Oc2ccc(OC)cc2)cc1. The zero-order valence-electron chi connectivity index (χ0n) is 22.5. The van der Waals surface area contributed by atoms with Gasteiger partial charge in [-0.15, -0.1) is 0 Å². The number of halogens is 2. The number of nitrogen functional groups attached to an aromatic ring is 1. The molecule has 1 saturated heterocycles. The number of phosphoric acid groups is 1. The molecule has 0 aliphatic carbocycles. The number of nitrogens with two attached hydrogens (primary N) is 1. The predicted molar refractivity (Wildman–Crippen MR) is 144 cm³/mol. The lowest BCUT2D eigenvalue weighted by atomic mass is 9.96. The number of aromatic nitrogens is 4. The molecule has 5 N–H and O–H groups in total. The molecule has 230 valence electrons. The maximum atomic E-state index is 14.7. The van der Waals surface area contributed by atoms with E-state index in [4.69, 9.17) is 33.5 Å². The Morgan fingerprint density at radius 2 is 1.58 bits per heavy atom. The summed E-state index contributed by atoms with van der Waals surface area (Å²) in [4.78, 5) is 22.2. The van der Waals surface area contributed by atoms with Gasteiger partial charge in [0.25, 0.3) is 12.0 Å². The number of H-pyrrole nitrogens is 1. The number of hydrogen-bond donors (Lipinski definition) is 4. The molecule has 0 saturated carbocycles. The van der Waals surface area contributed by atoms with E-state index in [2.05, 4.69) is 15.0 Å². The molecule has 18 heteroatoms. The van der Waals surface area contributed by atoms with Crippen LogP contribution < -0.4 is 29.8 Å². The van der Waals surface area contributed by atoms with Crippen molar-refractivity contribution in [1.29, 1.82) is 0 Å². The number of hydrogen-bond acceptors (Lipinski definition) is 13. The van der Waals surface area contributed by atoms with Crippen molar-refractivity contribution in [3.63, 3.8) is 0 Å². The van der Waals surface area contributed by atoms with Gasteiger partial charge in [0.2, 0.25) is 5.95 Å². The second-order valence-corrected chi connectivity index (χ2v) is 10.7. The van der Waals surface area contributed by atoms with Crippen molar-refractivity contribution < 1.29 is 51.3 Å². The fourth-order valence-corrected chi connectivity index (χ4v) is 5.57. The number of alkyl halides is 2. The van der Waals surface area contributed by atoms with Gasteiger partial charge in [-0.05, 0) is 48.5 Å². The van der Waals surface area contributed by atoms with Gasteiger partial charge in [0.05, 0.1) is 27.2 Å². The molecule has 4 unspecified atom stereocenters. The number of nitrogens with zero attached hydrogens (tertiary/aromatic N) is 3. The summed E-state index contributed by atoms with van der Waals surface area (Å²) in [6, 6.07) is 11.4. The number of aliphatic hydroxyl groups is 2. The molecular weight excluding hydrogens is 599 g/mol. The topological polar surface area (TPSA) is 202 Å². The largest absolute Gasteiger partial charge is 0.587 e. The molecule has 43 heavy (non-hydrogen) atoms. The normalized spacial score (nSPS) is 22.2. The molecule has 0 radical (unpaired) electrons. The van der Waals surface area contributed by atoms with Gasteiger partial charge >= 0.3 is 7.82 Å². The maximum absolute atomic E-state index is 14.7. The van der Waals surface area contributed by atoms with Crippen molar-refractivity contribution in [2.75, 3.05) is 26.6 Å². The summed E-state index contributed by atoms with van der Waals surface area (Å²) in [6.07, 6.45) is -8.56. The summed E-state index contributed by atoms with van der Waals surface area (Å²) in [5.41, 5.74) is 1.47. The van der Waals surface area contributed by atoms with Crippen LogP contribution in [0.25, 0.3) is 11.2 Å². The van der Waals surface area contributed by atoms with Crippen molar-refractivity contribution in [3.8, 4) is 23.0 Å². The zero-order chi connectivity index (χ0) is 30.9. The fraction of sp³-hybridized carbons (Fsp3) is 0.320. The van der Waals surface area contributed by atoms with E-state index in [1.165, 1.54) is 62.8 Å². The van der Waals surface area contributed by atoms with E-state index in [-0.39, 0.29) is 28.6 Å². The standard InChI is InChI=1S/C25H26F2N5O10P/c1-37-13-3-7-15(8-4-13)41-43(36,42-16-9-5-14(38-2)6-10-16)39-11-25(23(26)27)19(34)18(33)22(40-25)32-12-29-17-20(32)30-24(28)31-21(17)35/h3-10,12,18-19,22-23,33-34H,11H2,1-2H3,(H3,28,30,31,35). The second kappa shape index (κ2) is 11.8. The zero-order valence-corrected chi connectivity index (χ0v) is 23.4.